The number of benzene rings is 3. The molecule has 3 aromatic rings. The molecule has 0 radical (unpaired) electrons. The van der Waals surface area contributed by atoms with Crippen LogP contribution in [0.3, 0.4) is 0 Å². The van der Waals surface area contributed by atoms with Gasteiger partial charge in [-0.2, -0.15) is 0 Å². The fourth-order valence-corrected chi connectivity index (χ4v) is 4.40. The highest BCUT2D eigenvalue weighted by Gasteiger charge is 2.42. The Morgan fingerprint density at radius 2 is 1.73 bits per heavy atom. The minimum atomic E-state index is 0.242. The molecule has 0 fully saturated rings. The average Bonchev–Trinajstić information content (AvgIpc) is 2.72. The molecule has 0 saturated heterocycles. The van der Waals surface area contributed by atoms with Crippen molar-refractivity contribution < 1.29 is 9.47 Å². The monoisotopic (exact) mass is 343 g/mol. The number of ether oxygens (including phenoxy) is 2. The first kappa shape index (κ1) is 15.3. The predicted molar refractivity (Wildman–Crippen MR) is 103 cm³/mol. The van der Waals surface area contributed by atoms with Gasteiger partial charge in [0, 0.05) is 23.1 Å². The average molecular weight is 343 g/mol. The maximum atomic E-state index is 6.15. The minimum absolute atomic E-state index is 0.242. The van der Waals surface area contributed by atoms with Crippen LogP contribution in [-0.2, 0) is 0 Å². The third-order valence-corrected chi connectivity index (χ3v) is 5.61. The van der Waals surface area contributed by atoms with Crippen LogP contribution in [0.25, 0.3) is 0 Å². The summed E-state index contributed by atoms with van der Waals surface area (Å²) in [5, 5.41) is 3.77. The molecule has 0 bridgehead atoms. The highest BCUT2D eigenvalue weighted by molar-refractivity contribution is 5.63. The van der Waals surface area contributed by atoms with Gasteiger partial charge in [-0.1, -0.05) is 48.5 Å². The second-order valence-corrected chi connectivity index (χ2v) is 6.98. The first-order valence-corrected chi connectivity index (χ1v) is 9.06. The highest BCUT2D eigenvalue weighted by Crippen LogP contribution is 2.51. The first-order chi connectivity index (χ1) is 12.8. The second-order valence-electron chi connectivity index (χ2n) is 6.98. The highest BCUT2D eigenvalue weighted by atomic mass is 16.5. The number of anilines is 1. The smallest absolute Gasteiger partial charge is 0.124 e. The van der Waals surface area contributed by atoms with E-state index in [1.165, 1.54) is 22.4 Å². The van der Waals surface area contributed by atoms with Gasteiger partial charge in [0.1, 0.15) is 11.5 Å². The molecule has 5 rings (SSSR count). The van der Waals surface area contributed by atoms with E-state index in [-0.39, 0.29) is 12.0 Å². The topological polar surface area (TPSA) is 30.5 Å². The van der Waals surface area contributed by atoms with Crippen molar-refractivity contribution in [2.24, 2.45) is 5.92 Å². The molecule has 2 aliphatic heterocycles. The molecule has 26 heavy (non-hydrogen) atoms. The fourth-order valence-electron chi connectivity index (χ4n) is 4.40. The third kappa shape index (κ3) is 2.35. The van der Waals surface area contributed by atoms with E-state index < -0.39 is 0 Å². The van der Waals surface area contributed by atoms with Gasteiger partial charge in [0.2, 0.25) is 0 Å². The van der Waals surface area contributed by atoms with Gasteiger partial charge in [-0.3, -0.25) is 0 Å². The molecular weight excluding hydrogens is 322 g/mol. The second kappa shape index (κ2) is 6.10. The van der Waals surface area contributed by atoms with Gasteiger partial charge in [0.25, 0.3) is 0 Å². The van der Waals surface area contributed by atoms with Crippen LogP contribution >= 0.6 is 0 Å². The van der Waals surface area contributed by atoms with E-state index in [4.69, 9.17) is 9.47 Å². The Morgan fingerprint density at radius 1 is 0.923 bits per heavy atom. The summed E-state index contributed by atoms with van der Waals surface area (Å²) in [5.74, 6) is 2.47. The zero-order valence-electron chi connectivity index (χ0n) is 14.7. The van der Waals surface area contributed by atoms with E-state index in [2.05, 4.69) is 66.0 Å². The summed E-state index contributed by atoms with van der Waals surface area (Å²) in [6, 6.07) is 25.7. The molecule has 0 saturated carbocycles. The lowest BCUT2D eigenvalue weighted by Gasteiger charge is -2.44. The number of para-hydroxylation sites is 1. The predicted octanol–water partition coefficient (Wildman–Crippen LogP) is 5.00. The summed E-state index contributed by atoms with van der Waals surface area (Å²) >= 11 is 0. The lowest BCUT2D eigenvalue weighted by Crippen LogP contribution is -2.39. The van der Waals surface area contributed by atoms with Crippen molar-refractivity contribution in [2.75, 3.05) is 19.0 Å². The van der Waals surface area contributed by atoms with Crippen molar-refractivity contribution in [3.63, 3.8) is 0 Å². The minimum Gasteiger partial charge on any atom is -0.497 e. The number of methoxy groups -OCH3 is 1. The zero-order chi connectivity index (χ0) is 17.5. The van der Waals surface area contributed by atoms with Gasteiger partial charge in [0.05, 0.1) is 19.8 Å². The van der Waals surface area contributed by atoms with E-state index in [0.29, 0.717) is 12.5 Å². The number of fused-ring (bicyclic) bond motifs is 4. The lowest BCUT2D eigenvalue weighted by molar-refractivity contribution is 0.183. The van der Waals surface area contributed by atoms with Crippen LogP contribution in [0.15, 0.2) is 72.8 Å². The van der Waals surface area contributed by atoms with Crippen LogP contribution in [0.1, 0.15) is 28.7 Å². The molecule has 0 aliphatic carbocycles. The van der Waals surface area contributed by atoms with E-state index in [0.717, 1.165) is 11.5 Å². The number of rotatable bonds is 2. The molecule has 3 atom stereocenters. The van der Waals surface area contributed by atoms with Gasteiger partial charge >= 0.3 is 0 Å². The van der Waals surface area contributed by atoms with Crippen LogP contribution in [0.5, 0.6) is 11.5 Å². The molecule has 2 aliphatic rings. The van der Waals surface area contributed by atoms with Crippen LogP contribution < -0.4 is 14.8 Å². The molecule has 130 valence electrons. The molecule has 2 heterocycles. The van der Waals surface area contributed by atoms with Crippen LogP contribution in [0, 0.1) is 5.92 Å². The van der Waals surface area contributed by atoms with Crippen molar-refractivity contribution in [1.29, 1.82) is 0 Å². The van der Waals surface area contributed by atoms with Gasteiger partial charge in [-0.05, 0) is 35.4 Å². The third-order valence-electron chi connectivity index (χ3n) is 5.61. The molecule has 3 aromatic carbocycles. The first-order valence-electron chi connectivity index (χ1n) is 9.06. The van der Waals surface area contributed by atoms with Crippen molar-refractivity contribution in [2.45, 2.75) is 12.0 Å². The van der Waals surface area contributed by atoms with Crippen LogP contribution in [-0.4, -0.2) is 13.7 Å². The van der Waals surface area contributed by atoms with Crippen molar-refractivity contribution in [3.8, 4) is 11.5 Å². The number of nitrogens with one attached hydrogen (secondary N) is 1. The van der Waals surface area contributed by atoms with E-state index >= 15 is 0 Å². The zero-order valence-corrected chi connectivity index (χ0v) is 14.7. The summed E-state index contributed by atoms with van der Waals surface area (Å²) in [6.45, 7) is 0.699. The van der Waals surface area contributed by atoms with Gasteiger partial charge in [-0.15, -0.1) is 0 Å². The molecule has 1 N–H and O–H groups in total. The Hall–Kier alpha value is -2.94. The molecule has 0 aromatic heterocycles. The summed E-state index contributed by atoms with van der Waals surface area (Å²) < 4.78 is 11.6. The maximum Gasteiger partial charge on any atom is 0.124 e. The SMILES string of the molecule is COc1ccc2c(c1)[C@H](c1ccccc1)[C@H]1COc3ccccc3[C@@H]1N2. The summed E-state index contributed by atoms with van der Waals surface area (Å²) in [4.78, 5) is 0. The van der Waals surface area contributed by atoms with Crippen molar-refractivity contribution in [3.05, 3.63) is 89.5 Å². The largest absolute Gasteiger partial charge is 0.497 e. The van der Waals surface area contributed by atoms with Crippen LogP contribution in [0.4, 0.5) is 5.69 Å². The van der Waals surface area contributed by atoms with Crippen molar-refractivity contribution >= 4 is 5.69 Å². The molecular formula is C23H21NO2. The van der Waals surface area contributed by atoms with Gasteiger partial charge in [0.15, 0.2) is 0 Å². The Labute approximate surface area is 153 Å². The molecule has 0 spiro atoms. The van der Waals surface area contributed by atoms with Gasteiger partial charge < -0.3 is 14.8 Å². The normalized spacial score (nSPS) is 22.9. The molecule has 3 heteroatoms. The molecule has 0 unspecified atom stereocenters. The molecule has 3 nitrogen and oxygen atoms in total. The van der Waals surface area contributed by atoms with Crippen molar-refractivity contribution in [1.82, 2.24) is 0 Å². The molecule has 0 amide bonds. The quantitative estimate of drug-likeness (QED) is 0.710. The lowest BCUT2D eigenvalue weighted by atomic mass is 9.71. The Kier molecular flexibility index (Phi) is 3.59. The number of hydrogen-bond acceptors (Lipinski definition) is 3. The van der Waals surface area contributed by atoms with E-state index in [1.54, 1.807) is 7.11 Å². The Morgan fingerprint density at radius 3 is 2.58 bits per heavy atom. The van der Waals surface area contributed by atoms with E-state index in [9.17, 15) is 0 Å². The summed E-state index contributed by atoms with van der Waals surface area (Å²) in [7, 11) is 1.72. The standard InChI is InChI=1S/C23H21NO2/c1-25-16-11-12-20-18(13-16)22(15-7-3-2-4-8-15)19-14-26-21-10-6-5-9-17(21)23(19)24-20/h2-13,19,22-24H,14H2,1H3/t19-,22+,23+/m1/s1. The van der Waals surface area contributed by atoms with Gasteiger partial charge in [-0.25, -0.2) is 0 Å². The Balaban J connectivity index is 1.69. The summed E-state index contributed by atoms with van der Waals surface area (Å²) in [6.07, 6.45) is 0. The summed E-state index contributed by atoms with van der Waals surface area (Å²) in [5.41, 5.74) is 5.02. The maximum absolute atomic E-state index is 6.15. The van der Waals surface area contributed by atoms with Crippen LogP contribution in [0.2, 0.25) is 0 Å². The number of hydrogen-bond donors (Lipinski definition) is 1. The Bertz CT molecular complexity index is 938. The van der Waals surface area contributed by atoms with E-state index in [1.807, 2.05) is 12.1 Å². The fraction of sp³-hybridized carbons (Fsp3) is 0.217.